The summed E-state index contributed by atoms with van der Waals surface area (Å²) in [5, 5.41) is 0.316. The molecule has 0 fully saturated rings. The van der Waals surface area contributed by atoms with Gasteiger partial charge in [0.25, 0.3) is 11.2 Å². The second-order valence-corrected chi connectivity index (χ2v) is 6.40. The molecule has 0 saturated carbocycles. The number of ether oxygens (including phenoxy) is 2. The van der Waals surface area contributed by atoms with Crippen molar-refractivity contribution in [3.63, 3.8) is 0 Å². The number of nitrogen functional groups attached to an aromatic ring is 1. The smallest absolute Gasteiger partial charge is 0.344 e. The number of aryl methyl sites for hydroxylation is 2. The lowest BCUT2D eigenvalue weighted by Crippen LogP contribution is -2.42. The first-order valence-corrected chi connectivity index (χ1v) is 9.38. The molecule has 0 saturated heterocycles. The Kier molecular flexibility index (Phi) is 5.89. The molecule has 2 N–H and O–H groups in total. The van der Waals surface area contributed by atoms with Crippen LogP contribution in [0.15, 0.2) is 29.2 Å². The average Bonchev–Trinajstić information content (AvgIpc) is 2.67. The van der Waals surface area contributed by atoms with E-state index in [0.29, 0.717) is 42.9 Å². The summed E-state index contributed by atoms with van der Waals surface area (Å²) in [6, 6.07) is 5.16. The number of carbonyl (C=O) groups excluding carboxylic acids is 1. The number of esters is 1. The van der Waals surface area contributed by atoms with Gasteiger partial charge in [-0.25, -0.2) is 9.36 Å². The summed E-state index contributed by atoms with van der Waals surface area (Å²) in [5.41, 5.74) is 8.08. The second kappa shape index (κ2) is 8.35. The van der Waals surface area contributed by atoms with Crippen LogP contribution in [0.2, 0.25) is 0 Å². The number of rotatable bonds is 7. The van der Waals surface area contributed by atoms with E-state index in [2.05, 4.69) is 0 Å². The fraction of sp³-hybridized carbons (Fsp3) is 0.400. The third-order valence-corrected chi connectivity index (χ3v) is 4.55. The van der Waals surface area contributed by atoms with Crippen molar-refractivity contribution in [3.05, 3.63) is 45.9 Å². The lowest BCUT2D eigenvalue weighted by atomic mass is 10.2. The fourth-order valence-electron chi connectivity index (χ4n) is 3.18. The monoisotopic (exact) mass is 385 g/mol. The predicted octanol–water partition coefficient (Wildman–Crippen LogP) is 1.63. The zero-order chi connectivity index (χ0) is 20.3. The van der Waals surface area contributed by atoms with E-state index in [-0.39, 0.29) is 23.5 Å². The van der Waals surface area contributed by atoms with Crippen LogP contribution < -0.4 is 15.9 Å². The molecule has 0 atom stereocenters. The lowest BCUT2D eigenvalue weighted by Gasteiger charge is -2.12. The Hall–Kier alpha value is -3.00. The Labute approximate surface area is 162 Å². The Bertz CT molecular complexity index is 1090. The molecule has 8 nitrogen and oxygen atoms in total. The van der Waals surface area contributed by atoms with Gasteiger partial charge in [0.15, 0.2) is 0 Å². The van der Waals surface area contributed by atoms with E-state index >= 15 is 0 Å². The molecule has 0 bridgehead atoms. The zero-order valence-corrected chi connectivity index (χ0v) is 16.4. The standard InChI is InChI=1S/C20H24N4O4/c1-4-27-11-7-10-23-16(21)14(20(26)28-5-2)12-15-18(23)22-17-13(3)8-6-9-24(17)19(15)25/h6,8-9,12,21H,4-5,7,10-11H2,1-3H3/p+1. The molecule has 0 aliphatic carbocycles. The molecule has 3 aromatic heterocycles. The summed E-state index contributed by atoms with van der Waals surface area (Å²) in [5.74, 6) is -0.332. The third-order valence-electron chi connectivity index (χ3n) is 4.55. The molecule has 8 heteroatoms. The van der Waals surface area contributed by atoms with Crippen LogP contribution in [-0.4, -0.2) is 35.2 Å². The minimum Gasteiger partial charge on any atom is -0.462 e. The van der Waals surface area contributed by atoms with Crippen LogP contribution in [0.25, 0.3) is 16.7 Å². The van der Waals surface area contributed by atoms with E-state index in [1.54, 1.807) is 23.8 Å². The molecule has 0 radical (unpaired) electrons. The first-order chi connectivity index (χ1) is 13.5. The van der Waals surface area contributed by atoms with Gasteiger partial charge in [0.2, 0.25) is 11.5 Å². The highest BCUT2D eigenvalue weighted by atomic mass is 16.5. The van der Waals surface area contributed by atoms with Crippen LogP contribution in [0, 0.1) is 6.92 Å². The largest absolute Gasteiger partial charge is 0.462 e. The van der Waals surface area contributed by atoms with E-state index in [4.69, 9.17) is 20.2 Å². The first kappa shape index (κ1) is 19.8. The van der Waals surface area contributed by atoms with Gasteiger partial charge in [0.05, 0.1) is 13.2 Å². The van der Waals surface area contributed by atoms with Gasteiger partial charge in [-0.2, -0.15) is 0 Å². The van der Waals surface area contributed by atoms with Gasteiger partial charge in [0.1, 0.15) is 10.9 Å². The van der Waals surface area contributed by atoms with Crippen LogP contribution >= 0.6 is 0 Å². The molecule has 0 unspecified atom stereocenters. The Morgan fingerprint density at radius 3 is 2.82 bits per heavy atom. The number of hydrogen-bond acceptors (Lipinski definition) is 6. The molecule has 0 aliphatic heterocycles. The van der Waals surface area contributed by atoms with Crippen molar-refractivity contribution in [1.82, 2.24) is 9.38 Å². The number of fused-ring (bicyclic) bond motifs is 2. The van der Waals surface area contributed by atoms with Crippen LogP contribution in [-0.2, 0) is 16.0 Å². The minimum atomic E-state index is -0.561. The topological polar surface area (TPSA) is 99.8 Å². The molecular weight excluding hydrogens is 360 g/mol. The van der Waals surface area contributed by atoms with E-state index in [1.165, 1.54) is 10.5 Å². The maximum Gasteiger partial charge on any atom is 0.344 e. The highest BCUT2D eigenvalue weighted by Crippen LogP contribution is 2.17. The van der Waals surface area contributed by atoms with Gasteiger partial charge in [-0.3, -0.25) is 9.20 Å². The molecule has 0 aliphatic rings. The summed E-state index contributed by atoms with van der Waals surface area (Å²) >= 11 is 0. The average molecular weight is 385 g/mol. The minimum absolute atomic E-state index is 0.164. The Morgan fingerprint density at radius 1 is 1.32 bits per heavy atom. The summed E-state index contributed by atoms with van der Waals surface area (Å²) in [4.78, 5) is 30.2. The summed E-state index contributed by atoms with van der Waals surface area (Å²) in [6.45, 7) is 7.38. The highest BCUT2D eigenvalue weighted by Gasteiger charge is 2.25. The maximum atomic E-state index is 13.1. The van der Waals surface area contributed by atoms with Crippen LogP contribution in [0.5, 0.6) is 0 Å². The molecule has 3 aromatic rings. The summed E-state index contributed by atoms with van der Waals surface area (Å²) < 4.78 is 13.7. The van der Waals surface area contributed by atoms with Gasteiger partial charge in [0, 0.05) is 31.4 Å². The van der Waals surface area contributed by atoms with Crippen molar-refractivity contribution in [1.29, 1.82) is 0 Å². The third kappa shape index (κ3) is 3.55. The van der Waals surface area contributed by atoms with Crippen molar-refractivity contribution in [2.45, 2.75) is 33.7 Å². The number of hydrogen-bond donors (Lipinski definition) is 1. The zero-order valence-electron chi connectivity index (χ0n) is 16.4. The van der Waals surface area contributed by atoms with Gasteiger partial charge in [-0.15, -0.1) is 0 Å². The lowest BCUT2D eigenvalue weighted by molar-refractivity contribution is -0.659. The molecule has 3 heterocycles. The summed E-state index contributed by atoms with van der Waals surface area (Å²) in [7, 11) is 0. The number of pyridine rings is 2. The van der Waals surface area contributed by atoms with E-state index < -0.39 is 5.97 Å². The molecule has 0 aromatic carbocycles. The quantitative estimate of drug-likeness (QED) is 0.287. The first-order valence-electron chi connectivity index (χ1n) is 9.38. The normalized spacial score (nSPS) is 11.2. The molecular formula is C20H25N4O4+. The van der Waals surface area contributed by atoms with E-state index in [1.807, 2.05) is 19.9 Å². The van der Waals surface area contributed by atoms with Crippen molar-refractivity contribution in [2.75, 3.05) is 25.6 Å². The fourth-order valence-corrected chi connectivity index (χ4v) is 3.18. The molecule has 0 amide bonds. The highest BCUT2D eigenvalue weighted by molar-refractivity contribution is 5.96. The SMILES string of the molecule is CCOCCC[n+]1c(N)c(C(=O)OCC)cc2c(=O)n3cccc(C)c3nc21. The van der Waals surface area contributed by atoms with Crippen molar-refractivity contribution in [2.24, 2.45) is 0 Å². The number of carbonyl (C=O) groups is 1. The second-order valence-electron chi connectivity index (χ2n) is 6.40. The Morgan fingerprint density at radius 2 is 2.11 bits per heavy atom. The van der Waals surface area contributed by atoms with Gasteiger partial charge < -0.3 is 15.2 Å². The van der Waals surface area contributed by atoms with Gasteiger partial charge in [-0.1, -0.05) is 11.1 Å². The van der Waals surface area contributed by atoms with Crippen LogP contribution in [0.1, 0.15) is 36.2 Å². The van der Waals surface area contributed by atoms with Crippen molar-refractivity contribution >= 4 is 28.5 Å². The van der Waals surface area contributed by atoms with Crippen molar-refractivity contribution in [3.8, 4) is 0 Å². The predicted molar refractivity (Wildman–Crippen MR) is 105 cm³/mol. The van der Waals surface area contributed by atoms with E-state index in [9.17, 15) is 9.59 Å². The van der Waals surface area contributed by atoms with Gasteiger partial charge in [-0.05, 0) is 32.9 Å². The number of aromatic nitrogens is 3. The van der Waals surface area contributed by atoms with Crippen LogP contribution in [0.4, 0.5) is 5.82 Å². The molecule has 148 valence electrons. The Balaban J connectivity index is 2.29. The number of nitrogens with zero attached hydrogens (tertiary/aromatic N) is 3. The van der Waals surface area contributed by atoms with Crippen LogP contribution in [0.3, 0.4) is 0 Å². The maximum absolute atomic E-state index is 13.1. The molecule has 28 heavy (non-hydrogen) atoms. The van der Waals surface area contributed by atoms with E-state index in [0.717, 1.165) is 5.56 Å². The number of anilines is 1. The summed E-state index contributed by atoms with van der Waals surface area (Å²) in [6.07, 6.45) is 2.33. The van der Waals surface area contributed by atoms with Gasteiger partial charge >= 0.3 is 5.97 Å². The van der Waals surface area contributed by atoms with Crippen molar-refractivity contribution < 1.29 is 18.8 Å². The molecule has 3 rings (SSSR count). The number of nitrogens with two attached hydrogens (primary N) is 1. The molecule has 0 spiro atoms.